The van der Waals surface area contributed by atoms with Crippen molar-refractivity contribution in [2.75, 3.05) is 0 Å². The van der Waals surface area contributed by atoms with Crippen molar-refractivity contribution in [2.24, 2.45) is 0 Å². The number of hydrogen-bond acceptors (Lipinski definition) is 10. The predicted molar refractivity (Wildman–Crippen MR) is 112 cm³/mol. The Morgan fingerprint density at radius 2 is 1.88 bits per heavy atom. The summed E-state index contributed by atoms with van der Waals surface area (Å²) in [5, 5.41) is 20.8. The van der Waals surface area contributed by atoms with Crippen LogP contribution in [0.15, 0.2) is 18.2 Å². The molecular formula is C19H23N3O11S. The Hall–Kier alpha value is -3.43. The standard InChI is InChI=1S/C19H23N3O11S/c23-11-13-7-6-12(8-14(13)22(28)29)10-20-16(24)4-2-1-3-5-18(26)33-21-17(25)9-15(19(21)27)34(30,31)32/h6-8,15,23H,1-5,9-11H2,(H,20,24)(H,30,31,32). The molecule has 1 fully saturated rings. The van der Waals surface area contributed by atoms with Crippen molar-refractivity contribution in [2.45, 2.75) is 56.9 Å². The Morgan fingerprint density at radius 1 is 1.21 bits per heavy atom. The van der Waals surface area contributed by atoms with E-state index < -0.39 is 51.1 Å². The number of benzene rings is 1. The van der Waals surface area contributed by atoms with Gasteiger partial charge in [-0.2, -0.15) is 8.42 Å². The van der Waals surface area contributed by atoms with Gasteiger partial charge in [-0.05, 0) is 24.5 Å². The molecule has 0 saturated carbocycles. The summed E-state index contributed by atoms with van der Waals surface area (Å²) in [6.45, 7) is -0.424. The van der Waals surface area contributed by atoms with Gasteiger partial charge in [0.25, 0.3) is 27.6 Å². The fourth-order valence-corrected chi connectivity index (χ4v) is 3.81. The lowest BCUT2D eigenvalue weighted by molar-refractivity contribution is -0.385. The number of aliphatic hydroxyl groups excluding tert-OH is 1. The van der Waals surface area contributed by atoms with Crippen LogP contribution in [-0.4, -0.2) is 57.0 Å². The quantitative estimate of drug-likeness (QED) is 0.115. The third-order valence-corrected chi connectivity index (χ3v) is 5.99. The number of imide groups is 1. The maximum absolute atomic E-state index is 11.9. The zero-order chi connectivity index (χ0) is 25.5. The molecule has 0 bridgehead atoms. The number of amides is 3. The normalized spacial score (nSPS) is 15.9. The van der Waals surface area contributed by atoms with E-state index >= 15 is 0 Å². The summed E-state index contributed by atoms with van der Waals surface area (Å²) < 4.78 is 31.0. The lowest BCUT2D eigenvalue weighted by Gasteiger charge is -2.13. The number of hydrogen-bond donors (Lipinski definition) is 3. The van der Waals surface area contributed by atoms with Gasteiger partial charge in [0.15, 0.2) is 5.25 Å². The first-order valence-electron chi connectivity index (χ1n) is 10.1. The lowest BCUT2D eigenvalue weighted by atomic mass is 10.1. The van der Waals surface area contributed by atoms with Gasteiger partial charge in [-0.1, -0.05) is 12.5 Å². The highest BCUT2D eigenvalue weighted by Crippen LogP contribution is 2.21. The van der Waals surface area contributed by atoms with E-state index in [0.29, 0.717) is 18.4 Å². The zero-order valence-electron chi connectivity index (χ0n) is 17.8. The Labute approximate surface area is 193 Å². The Balaban J connectivity index is 1.67. The third kappa shape index (κ3) is 7.29. The van der Waals surface area contributed by atoms with E-state index in [-0.39, 0.29) is 48.0 Å². The molecule has 1 heterocycles. The van der Waals surface area contributed by atoms with Crippen LogP contribution in [0, 0.1) is 10.1 Å². The van der Waals surface area contributed by atoms with Crippen molar-refractivity contribution < 1.29 is 47.0 Å². The molecule has 1 saturated heterocycles. The molecule has 3 amide bonds. The molecule has 14 nitrogen and oxygen atoms in total. The van der Waals surface area contributed by atoms with Gasteiger partial charge in [-0.15, -0.1) is 5.06 Å². The lowest BCUT2D eigenvalue weighted by Crippen LogP contribution is -2.36. The van der Waals surface area contributed by atoms with E-state index in [4.69, 9.17) is 9.66 Å². The number of rotatable bonds is 12. The van der Waals surface area contributed by atoms with Gasteiger partial charge in [-0.25, -0.2) is 4.79 Å². The molecule has 1 aromatic carbocycles. The molecule has 1 aliphatic heterocycles. The number of carbonyl (C=O) groups excluding carboxylic acids is 4. The van der Waals surface area contributed by atoms with Crippen molar-refractivity contribution in [3.05, 3.63) is 39.4 Å². The van der Waals surface area contributed by atoms with E-state index in [0.717, 1.165) is 0 Å². The van der Waals surface area contributed by atoms with Crippen LogP contribution in [-0.2, 0) is 47.3 Å². The SMILES string of the molecule is O=C(CCCCCC(=O)ON1C(=O)CC(S(=O)(=O)O)C1=O)NCc1ccc(CO)c([N+](=O)[O-])c1. The topological polar surface area (TPSA) is 211 Å². The van der Waals surface area contributed by atoms with E-state index in [2.05, 4.69) is 10.2 Å². The maximum atomic E-state index is 11.9. The van der Waals surface area contributed by atoms with E-state index in [9.17, 15) is 37.7 Å². The third-order valence-electron chi connectivity index (χ3n) is 4.91. The van der Waals surface area contributed by atoms with Gasteiger partial charge in [0.2, 0.25) is 5.91 Å². The summed E-state index contributed by atoms with van der Waals surface area (Å²) >= 11 is 0. The van der Waals surface area contributed by atoms with Crippen LogP contribution in [0.1, 0.15) is 49.7 Å². The molecule has 2 rings (SSSR count). The molecule has 1 atom stereocenters. The minimum absolute atomic E-state index is 0.0334. The van der Waals surface area contributed by atoms with Crippen LogP contribution >= 0.6 is 0 Å². The average molecular weight is 501 g/mol. The first-order valence-corrected chi connectivity index (χ1v) is 11.6. The Morgan fingerprint density at radius 3 is 2.47 bits per heavy atom. The molecule has 1 unspecified atom stereocenters. The minimum Gasteiger partial charge on any atom is -0.391 e. The Kier molecular flexibility index (Phi) is 9.17. The first kappa shape index (κ1) is 26.8. The number of carbonyl (C=O) groups is 4. The van der Waals surface area contributed by atoms with E-state index in [1.165, 1.54) is 12.1 Å². The summed E-state index contributed by atoms with van der Waals surface area (Å²) in [4.78, 5) is 62.2. The van der Waals surface area contributed by atoms with Crippen LogP contribution in [0.2, 0.25) is 0 Å². The van der Waals surface area contributed by atoms with Crippen molar-refractivity contribution in [1.29, 1.82) is 0 Å². The van der Waals surface area contributed by atoms with Crippen LogP contribution in [0.3, 0.4) is 0 Å². The second-order valence-corrected chi connectivity index (χ2v) is 9.01. The molecule has 1 aromatic rings. The number of hydroxylamine groups is 2. The summed E-state index contributed by atoms with van der Waals surface area (Å²) in [5.74, 6) is -3.67. The highest BCUT2D eigenvalue weighted by Gasteiger charge is 2.48. The van der Waals surface area contributed by atoms with Gasteiger partial charge in [0, 0.05) is 25.5 Å². The molecule has 0 aliphatic carbocycles. The fraction of sp³-hybridized carbons (Fsp3) is 0.474. The number of nitro groups is 1. The largest absolute Gasteiger partial charge is 0.391 e. The second-order valence-electron chi connectivity index (χ2n) is 7.41. The van der Waals surface area contributed by atoms with Crippen LogP contribution < -0.4 is 5.32 Å². The number of nitrogens with zero attached hydrogens (tertiary/aromatic N) is 2. The fourth-order valence-electron chi connectivity index (χ4n) is 3.10. The van der Waals surface area contributed by atoms with E-state index in [1.54, 1.807) is 6.07 Å². The summed E-state index contributed by atoms with van der Waals surface area (Å²) in [7, 11) is -4.80. The summed E-state index contributed by atoms with van der Waals surface area (Å²) in [6, 6.07) is 4.23. The molecule has 15 heteroatoms. The van der Waals surface area contributed by atoms with Crippen molar-refractivity contribution in [3.63, 3.8) is 0 Å². The number of nitrogens with one attached hydrogen (secondary N) is 1. The molecule has 1 aliphatic rings. The van der Waals surface area contributed by atoms with Crippen LogP contribution in [0.25, 0.3) is 0 Å². The Bertz CT molecular complexity index is 1090. The molecule has 0 spiro atoms. The van der Waals surface area contributed by atoms with Crippen molar-refractivity contribution >= 4 is 39.5 Å². The van der Waals surface area contributed by atoms with E-state index in [1.807, 2.05) is 0 Å². The minimum atomic E-state index is -4.80. The summed E-state index contributed by atoms with van der Waals surface area (Å²) in [5.41, 5.74) is 0.407. The number of unbranched alkanes of at least 4 members (excludes halogenated alkanes) is 2. The molecule has 34 heavy (non-hydrogen) atoms. The van der Waals surface area contributed by atoms with Crippen molar-refractivity contribution in [3.8, 4) is 0 Å². The first-order chi connectivity index (χ1) is 15.9. The molecular weight excluding hydrogens is 478 g/mol. The van der Waals surface area contributed by atoms with Gasteiger partial charge >= 0.3 is 5.97 Å². The van der Waals surface area contributed by atoms with Crippen LogP contribution in [0.5, 0.6) is 0 Å². The molecule has 0 aromatic heterocycles. The van der Waals surface area contributed by atoms with Gasteiger partial charge in [0.1, 0.15) is 0 Å². The predicted octanol–water partition coefficient (Wildman–Crippen LogP) is 0.127. The zero-order valence-corrected chi connectivity index (χ0v) is 18.7. The monoisotopic (exact) mass is 501 g/mol. The number of nitro benzene ring substituents is 1. The smallest absolute Gasteiger partial charge is 0.333 e. The second kappa shape index (κ2) is 11.6. The molecule has 186 valence electrons. The number of aliphatic hydroxyl groups is 1. The average Bonchev–Trinajstić information content (AvgIpc) is 3.05. The van der Waals surface area contributed by atoms with Gasteiger partial charge < -0.3 is 15.3 Å². The summed E-state index contributed by atoms with van der Waals surface area (Å²) in [6.07, 6.45) is 0.183. The van der Waals surface area contributed by atoms with Gasteiger partial charge in [-0.3, -0.25) is 29.1 Å². The van der Waals surface area contributed by atoms with Gasteiger partial charge in [0.05, 0.1) is 23.5 Å². The maximum Gasteiger partial charge on any atom is 0.333 e. The van der Waals surface area contributed by atoms with Crippen LogP contribution in [0.4, 0.5) is 5.69 Å². The highest BCUT2D eigenvalue weighted by atomic mass is 32.2. The van der Waals surface area contributed by atoms with Crippen molar-refractivity contribution in [1.82, 2.24) is 10.4 Å². The molecule has 0 radical (unpaired) electrons. The molecule has 3 N–H and O–H groups in total. The highest BCUT2D eigenvalue weighted by molar-refractivity contribution is 7.87.